The fraction of sp³-hybridized carbons (Fsp3) is 0.471. The molecular weight excluding hydrogens is 459 g/mol. The lowest BCUT2D eigenvalue weighted by Crippen LogP contribution is -2.43. The van der Waals surface area contributed by atoms with E-state index in [1.54, 1.807) is 7.05 Å². The van der Waals surface area contributed by atoms with E-state index >= 15 is 0 Å². The maximum Gasteiger partial charge on any atom is 0.271 e. The zero-order valence-corrected chi connectivity index (χ0v) is 17.8. The van der Waals surface area contributed by atoms with Crippen molar-refractivity contribution in [3.63, 3.8) is 0 Å². The number of hydrogen-bond donors (Lipinski definition) is 2. The predicted octanol–water partition coefficient (Wildman–Crippen LogP) is 0.623. The standard InChI is InChI=1S/C17H24N8O.HI/c1-18-17(22-7-6-21-16(26)15-10-19-4-5-20-15)25-8-3-13(12-25)14-9-23-24(2)11-14;/h4-5,9-11,13H,3,6-8,12H2,1-2H3,(H,18,22)(H,21,26);1H. The minimum absolute atomic E-state index is 0. The summed E-state index contributed by atoms with van der Waals surface area (Å²) in [6, 6.07) is 0. The number of amides is 1. The van der Waals surface area contributed by atoms with Crippen LogP contribution >= 0.6 is 24.0 Å². The van der Waals surface area contributed by atoms with Crippen molar-refractivity contribution in [2.45, 2.75) is 12.3 Å². The fourth-order valence-corrected chi connectivity index (χ4v) is 3.07. The predicted molar refractivity (Wildman–Crippen MR) is 113 cm³/mol. The van der Waals surface area contributed by atoms with E-state index in [9.17, 15) is 4.79 Å². The van der Waals surface area contributed by atoms with Gasteiger partial charge in [-0.05, 0) is 12.0 Å². The van der Waals surface area contributed by atoms with E-state index in [0.717, 1.165) is 25.5 Å². The maximum atomic E-state index is 11.9. The molecule has 1 aliphatic heterocycles. The van der Waals surface area contributed by atoms with Gasteiger partial charge in [-0.15, -0.1) is 24.0 Å². The third-order valence-electron chi connectivity index (χ3n) is 4.39. The second kappa shape index (κ2) is 10.2. The molecule has 9 nitrogen and oxygen atoms in total. The molecule has 0 bridgehead atoms. The van der Waals surface area contributed by atoms with Gasteiger partial charge in [0.05, 0.1) is 12.4 Å². The number of aliphatic imine (C=N–C) groups is 1. The minimum Gasteiger partial charge on any atom is -0.354 e. The van der Waals surface area contributed by atoms with Crippen molar-refractivity contribution in [3.8, 4) is 0 Å². The number of guanidine groups is 1. The van der Waals surface area contributed by atoms with Crippen LogP contribution in [0.4, 0.5) is 0 Å². The van der Waals surface area contributed by atoms with Crippen molar-refractivity contribution in [2.24, 2.45) is 12.0 Å². The van der Waals surface area contributed by atoms with E-state index in [4.69, 9.17) is 0 Å². The van der Waals surface area contributed by atoms with Crippen LogP contribution in [0.25, 0.3) is 0 Å². The largest absolute Gasteiger partial charge is 0.354 e. The molecule has 2 aromatic heterocycles. The normalized spacial score (nSPS) is 16.7. The molecule has 0 radical (unpaired) electrons. The molecule has 10 heteroatoms. The Hall–Kier alpha value is -2.24. The molecule has 2 N–H and O–H groups in total. The van der Waals surface area contributed by atoms with E-state index in [-0.39, 0.29) is 29.9 Å². The van der Waals surface area contributed by atoms with Crippen LogP contribution in [0.15, 0.2) is 36.0 Å². The van der Waals surface area contributed by atoms with Crippen molar-refractivity contribution in [1.82, 2.24) is 35.3 Å². The molecule has 1 aliphatic rings. The number of nitrogens with zero attached hydrogens (tertiary/aromatic N) is 6. The van der Waals surface area contributed by atoms with Gasteiger partial charge in [0.2, 0.25) is 0 Å². The van der Waals surface area contributed by atoms with E-state index in [0.29, 0.717) is 24.7 Å². The van der Waals surface area contributed by atoms with Gasteiger partial charge in [0.25, 0.3) is 5.91 Å². The summed E-state index contributed by atoms with van der Waals surface area (Å²) in [7, 11) is 3.71. The summed E-state index contributed by atoms with van der Waals surface area (Å²) in [6.45, 7) is 2.93. The first kappa shape index (κ1) is 21.1. The summed E-state index contributed by atoms with van der Waals surface area (Å²) < 4.78 is 1.84. The summed E-state index contributed by atoms with van der Waals surface area (Å²) in [5.41, 5.74) is 1.58. The van der Waals surface area contributed by atoms with Crippen molar-refractivity contribution in [2.75, 3.05) is 33.2 Å². The summed E-state index contributed by atoms with van der Waals surface area (Å²) >= 11 is 0. The minimum atomic E-state index is -0.229. The zero-order valence-electron chi connectivity index (χ0n) is 15.5. The number of halogens is 1. The van der Waals surface area contributed by atoms with Gasteiger partial charge in [-0.3, -0.25) is 19.5 Å². The van der Waals surface area contributed by atoms with Gasteiger partial charge < -0.3 is 15.5 Å². The molecule has 1 unspecified atom stereocenters. The topological polar surface area (TPSA) is 100 Å². The van der Waals surface area contributed by atoms with E-state index in [1.165, 1.54) is 24.2 Å². The van der Waals surface area contributed by atoms with E-state index in [1.807, 2.05) is 17.9 Å². The number of rotatable bonds is 5. The second-order valence-corrected chi connectivity index (χ2v) is 6.20. The van der Waals surface area contributed by atoms with Crippen LogP contribution in [0.3, 0.4) is 0 Å². The lowest BCUT2D eigenvalue weighted by Gasteiger charge is -2.21. The van der Waals surface area contributed by atoms with Crippen molar-refractivity contribution in [3.05, 3.63) is 42.2 Å². The van der Waals surface area contributed by atoms with Crippen molar-refractivity contribution >= 4 is 35.8 Å². The molecule has 0 aromatic carbocycles. The second-order valence-electron chi connectivity index (χ2n) is 6.20. The first-order chi connectivity index (χ1) is 12.7. The third kappa shape index (κ3) is 5.62. The number of nitrogens with one attached hydrogen (secondary N) is 2. The summed E-state index contributed by atoms with van der Waals surface area (Å²) in [4.78, 5) is 26.4. The number of hydrogen-bond acceptors (Lipinski definition) is 5. The van der Waals surface area contributed by atoms with E-state index < -0.39 is 0 Å². The lowest BCUT2D eigenvalue weighted by molar-refractivity contribution is 0.0949. The number of likely N-dealkylation sites (tertiary alicyclic amines) is 1. The third-order valence-corrected chi connectivity index (χ3v) is 4.39. The highest BCUT2D eigenvalue weighted by molar-refractivity contribution is 14.0. The van der Waals surface area contributed by atoms with Gasteiger partial charge in [-0.1, -0.05) is 0 Å². The molecular formula is C17H25IN8O. The Labute approximate surface area is 175 Å². The fourth-order valence-electron chi connectivity index (χ4n) is 3.07. The van der Waals surface area contributed by atoms with Crippen LogP contribution in [0.5, 0.6) is 0 Å². The highest BCUT2D eigenvalue weighted by Gasteiger charge is 2.26. The Morgan fingerprint density at radius 2 is 2.11 bits per heavy atom. The van der Waals surface area contributed by atoms with Gasteiger partial charge in [-0.25, -0.2) is 4.98 Å². The smallest absolute Gasteiger partial charge is 0.271 e. The first-order valence-corrected chi connectivity index (χ1v) is 8.65. The molecule has 27 heavy (non-hydrogen) atoms. The number of aromatic nitrogens is 4. The molecule has 1 atom stereocenters. The lowest BCUT2D eigenvalue weighted by atomic mass is 10.0. The van der Waals surface area contributed by atoms with Gasteiger partial charge in [-0.2, -0.15) is 5.10 Å². The molecule has 0 spiro atoms. The highest BCUT2D eigenvalue weighted by Crippen LogP contribution is 2.26. The SMILES string of the molecule is CN=C(NCCNC(=O)c1cnccn1)N1CCC(c2cnn(C)c2)C1.I. The monoisotopic (exact) mass is 484 g/mol. The zero-order chi connectivity index (χ0) is 18.4. The molecule has 3 heterocycles. The molecule has 0 saturated carbocycles. The Morgan fingerprint density at radius 1 is 1.30 bits per heavy atom. The van der Waals surface area contributed by atoms with Crippen LogP contribution in [0.1, 0.15) is 28.4 Å². The summed E-state index contributed by atoms with van der Waals surface area (Å²) in [5.74, 6) is 1.09. The average molecular weight is 484 g/mol. The Morgan fingerprint density at radius 3 is 2.78 bits per heavy atom. The van der Waals surface area contributed by atoms with Gasteiger partial charge >= 0.3 is 0 Å². The Kier molecular flexibility index (Phi) is 7.95. The van der Waals surface area contributed by atoms with E-state index in [2.05, 4.69) is 41.8 Å². The first-order valence-electron chi connectivity index (χ1n) is 8.65. The Bertz CT molecular complexity index is 763. The van der Waals surface area contributed by atoms with Crippen LogP contribution < -0.4 is 10.6 Å². The molecule has 3 rings (SSSR count). The molecule has 146 valence electrons. The van der Waals surface area contributed by atoms with Crippen molar-refractivity contribution in [1.29, 1.82) is 0 Å². The van der Waals surface area contributed by atoms with Crippen LogP contribution in [-0.4, -0.2) is 69.7 Å². The maximum absolute atomic E-state index is 11.9. The molecule has 0 aliphatic carbocycles. The molecule has 1 fully saturated rings. The number of carbonyl (C=O) groups is 1. The van der Waals surface area contributed by atoms with Crippen molar-refractivity contribution < 1.29 is 4.79 Å². The van der Waals surface area contributed by atoms with Crippen LogP contribution in [-0.2, 0) is 7.05 Å². The summed E-state index contributed by atoms with van der Waals surface area (Å²) in [6.07, 6.45) is 9.58. The number of carbonyl (C=O) groups excluding carboxylic acids is 1. The molecule has 1 amide bonds. The van der Waals surface area contributed by atoms with Gasteiger partial charge in [0.1, 0.15) is 5.69 Å². The highest BCUT2D eigenvalue weighted by atomic mass is 127. The average Bonchev–Trinajstić information content (AvgIpc) is 3.31. The quantitative estimate of drug-likeness (QED) is 0.280. The Balaban J connectivity index is 0.00000261. The van der Waals surface area contributed by atoms with Gasteiger partial charge in [0, 0.05) is 64.8 Å². The number of aryl methyl sites for hydroxylation is 1. The van der Waals surface area contributed by atoms with Crippen LogP contribution in [0, 0.1) is 0 Å². The van der Waals surface area contributed by atoms with Crippen LogP contribution in [0.2, 0.25) is 0 Å². The molecule has 2 aromatic rings. The van der Waals surface area contributed by atoms with Gasteiger partial charge in [0.15, 0.2) is 5.96 Å². The molecule has 1 saturated heterocycles. The summed E-state index contributed by atoms with van der Waals surface area (Å²) in [5, 5.41) is 10.4.